The molecule has 1 aromatic heterocycles. The molecule has 7 heteroatoms. The van der Waals surface area contributed by atoms with Gasteiger partial charge in [0, 0.05) is 30.7 Å². The number of aryl methyl sites for hydroxylation is 1. The SMILES string of the molecule is CCCOc1ccc(F)c2c(=O)c(-c3ccc(OC)cc3)cn(CCSCCCO)c12. The van der Waals surface area contributed by atoms with Crippen LogP contribution in [0.3, 0.4) is 0 Å². The number of nitrogens with zero attached hydrogens (tertiary/aromatic N) is 1. The van der Waals surface area contributed by atoms with Crippen LogP contribution in [-0.2, 0) is 6.54 Å². The van der Waals surface area contributed by atoms with Crippen molar-refractivity contribution in [2.24, 2.45) is 0 Å². The normalized spacial score (nSPS) is 11.1. The number of fused-ring (bicyclic) bond motifs is 1. The van der Waals surface area contributed by atoms with Crippen LogP contribution in [-0.4, -0.2) is 41.5 Å². The molecule has 3 aromatic rings. The summed E-state index contributed by atoms with van der Waals surface area (Å²) >= 11 is 1.71. The number of aliphatic hydroxyl groups excluding tert-OH is 1. The van der Waals surface area contributed by atoms with Gasteiger partial charge in [-0.2, -0.15) is 11.8 Å². The Hall–Kier alpha value is -2.51. The minimum absolute atomic E-state index is 0.0438. The molecule has 31 heavy (non-hydrogen) atoms. The number of methoxy groups -OCH3 is 1. The van der Waals surface area contributed by atoms with Crippen LogP contribution in [0.2, 0.25) is 0 Å². The lowest BCUT2D eigenvalue weighted by atomic mass is 10.0. The molecule has 0 saturated carbocycles. The Bertz CT molecular complexity index is 1070. The lowest BCUT2D eigenvalue weighted by Gasteiger charge is -2.17. The fourth-order valence-corrected chi connectivity index (χ4v) is 4.24. The predicted octanol–water partition coefficient (Wildman–Crippen LogP) is 4.72. The molecule has 1 heterocycles. The monoisotopic (exact) mass is 445 g/mol. The lowest BCUT2D eigenvalue weighted by molar-refractivity contribution is 0.296. The molecule has 3 rings (SSSR count). The summed E-state index contributed by atoms with van der Waals surface area (Å²) in [6, 6.07) is 10.1. The first-order chi connectivity index (χ1) is 15.1. The van der Waals surface area contributed by atoms with Crippen molar-refractivity contribution in [2.75, 3.05) is 31.8 Å². The number of aliphatic hydroxyl groups is 1. The topological polar surface area (TPSA) is 60.7 Å². The number of hydrogen-bond donors (Lipinski definition) is 1. The van der Waals surface area contributed by atoms with E-state index in [9.17, 15) is 9.18 Å². The highest BCUT2D eigenvalue weighted by molar-refractivity contribution is 7.99. The Morgan fingerprint density at radius 2 is 1.90 bits per heavy atom. The van der Waals surface area contributed by atoms with Gasteiger partial charge in [-0.05, 0) is 48.4 Å². The molecule has 2 aromatic carbocycles. The van der Waals surface area contributed by atoms with Gasteiger partial charge in [0.2, 0.25) is 0 Å². The maximum absolute atomic E-state index is 14.9. The number of thioether (sulfide) groups is 1. The number of ether oxygens (including phenoxy) is 2. The molecule has 0 unspecified atom stereocenters. The van der Waals surface area contributed by atoms with E-state index < -0.39 is 5.82 Å². The molecular weight excluding hydrogens is 417 g/mol. The molecule has 1 N–H and O–H groups in total. The fraction of sp³-hybridized carbons (Fsp3) is 0.375. The van der Waals surface area contributed by atoms with E-state index in [-0.39, 0.29) is 17.4 Å². The zero-order valence-corrected chi connectivity index (χ0v) is 18.7. The zero-order valence-electron chi connectivity index (χ0n) is 17.9. The summed E-state index contributed by atoms with van der Waals surface area (Å²) in [5.74, 6) is 2.25. The van der Waals surface area contributed by atoms with Crippen LogP contribution in [0.1, 0.15) is 19.8 Å². The molecule has 0 aliphatic heterocycles. The van der Waals surface area contributed by atoms with E-state index >= 15 is 0 Å². The largest absolute Gasteiger partial charge is 0.497 e. The fourth-order valence-electron chi connectivity index (χ4n) is 3.37. The molecule has 0 aliphatic rings. The smallest absolute Gasteiger partial charge is 0.200 e. The van der Waals surface area contributed by atoms with Crippen molar-refractivity contribution in [1.29, 1.82) is 0 Å². The standard InChI is InChI=1S/C24H28FNO4S/c1-3-13-30-21-10-9-20(25)22-23(21)26(11-15-31-14-4-12-27)16-19(24(22)28)17-5-7-18(29-2)8-6-17/h5-10,16,27H,3-4,11-15H2,1-2H3. The second kappa shape index (κ2) is 11.2. The molecule has 0 amide bonds. The molecular formula is C24H28FNO4S. The number of hydrogen-bond acceptors (Lipinski definition) is 5. The summed E-state index contributed by atoms with van der Waals surface area (Å²) in [4.78, 5) is 13.3. The van der Waals surface area contributed by atoms with E-state index in [1.807, 2.05) is 11.5 Å². The highest BCUT2D eigenvalue weighted by Gasteiger charge is 2.18. The molecule has 0 atom stereocenters. The van der Waals surface area contributed by atoms with Crippen molar-refractivity contribution in [3.05, 3.63) is 58.6 Å². The molecule has 0 spiro atoms. The quantitative estimate of drug-likeness (QED) is 0.433. The summed E-state index contributed by atoms with van der Waals surface area (Å²) in [6.45, 7) is 3.23. The van der Waals surface area contributed by atoms with Crippen LogP contribution in [0.15, 0.2) is 47.4 Å². The maximum Gasteiger partial charge on any atom is 0.200 e. The van der Waals surface area contributed by atoms with Crippen LogP contribution >= 0.6 is 11.8 Å². The Balaban J connectivity index is 2.13. The molecule has 5 nitrogen and oxygen atoms in total. The van der Waals surface area contributed by atoms with Gasteiger partial charge >= 0.3 is 0 Å². The Labute approximate surface area is 185 Å². The van der Waals surface area contributed by atoms with E-state index in [0.717, 1.165) is 24.3 Å². The number of rotatable bonds is 11. The van der Waals surface area contributed by atoms with Crippen LogP contribution in [0.4, 0.5) is 4.39 Å². The van der Waals surface area contributed by atoms with Crippen LogP contribution in [0.25, 0.3) is 22.0 Å². The van der Waals surface area contributed by atoms with Gasteiger partial charge in [0.25, 0.3) is 0 Å². The van der Waals surface area contributed by atoms with Crippen molar-refractivity contribution in [1.82, 2.24) is 4.57 Å². The summed E-state index contributed by atoms with van der Waals surface area (Å²) in [5, 5.41) is 9.03. The van der Waals surface area contributed by atoms with Crippen LogP contribution < -0.4 is 14.9 Å². The third-order valence-electron chi connectivity index (χ3n) is 4.92. The predicted molar refractivity (Wildman–Crippen MR) is 125 cm³/mol. The summed E-state index contributed by atoms with van der Waals surface area (Å²) in [5.41, 5.74) is 1.26. The van der Waals surface area contributed by atoms with Crippen LogP contribution in [0.5, 0.6) is 11.5 Å². The molecule has 166 valence electrons. The van der Waals surface area contributed by atoms with E-state index in [2.05, 4.69) is 0 Å². The van der Waals surface area contributed by atoms with E-state index in [1.165, 1.54) is 6.07 Å². The average molecular weight is 446 g/mol. The molecule has 0 bridgehead atoms. The first kappa shape index (κ1) is 23.2. The Morgan fingerprint density at radius 1 is 1.13 bits per heavy atom. The van der Waals surface area contributed by atoms with E-state index in [0.29, 0.717) is 41.3 Å². The van der Waals surface area contributed by atoms with Gasteiger partial charge in [-0.3, -0.25) is 4.79 Å². The summed E-state index contributed by atoms with van der Waals surface area (Å²) in [6.07, 6.45) is 3.33. The Morgan fingerprint density at radius 3 is 2.58 bits per heavy atom. The van der Waals surface area contributed by atoms with E-state index in [1.54, 1.807) is 55.4 Å². The first-order valence-corrected chi connectivity index (χ1v) is 11.6. The van der Waals surface area contributed by atoms with E-state index in [4.69, 9.17) is 14.6 Å². The minimum Gasteiger partial charge on any atom is -0.497 e. The highest BCUT2D eigenvalue weighted by Crippen LogP contribution is 2.30. The molecule has 0 saturated heterocycles. The molecule has 0 radical (unpaired) electrons. The van der Waals surface area contributed by atoms with Gasteiger partial charge < -0.3 is 19.1 Å². The van der Waals surface area contributed by atoms with Crippen molar-refractivity contribution in [2.45, 2.75) is 26.3 Å². The number of aromatic nitrogens is 1. The van der Waals surface area contributed by atoms with Crippen molar-refractivity contribution in [3.63, 3.8) is 0 Å². The van der Waals surface area contributed by atoms with Gasteiger partial charge in [0.15, 0.2) is 5.43 Å². The average Bonchev–Trinajstić information content (AvgIpc) is 2.79. The highest BCUT2D eigenvalue weighted by atomic mass is 32.2. The summed E-state index contributed by atoms with van der Waals surface area (Å²) < 4.78 is 27.9. The maximum atomic E-state index is 14.9. The molecule has 0 fully saturated rings. The van der Waals surface area contributed by atoms with Gasteiger partial charge in [0.05, 0.1) is 24.6 Å². The van der Waals surface area contributed by atoms with Crippen molar-refractivity contribution < 1.29 is 19.0 Å². The van der Waals surface area contributed by atoms with Gasteiger partial charge in [-0.25, -0.2) is 4.39 Å². The van der Waals surface area contributed by atoms with Gasteiger partial charge in [0.1, 0.15) is 17.3 Å². The second-order valence-corrected chi connectivity index (χ2v) is 8.33. The molecule has 0 aliphatic carbocycles. The third-order valence-corrected chi connectivity index (χ3v) is 5.97. The number of pyridine rings is 1. The summed E-state index contributed by atoms with van der Waals surface area (Å²) in [7, 11) is 1.58. The second-order valence-electron chi connectivity index (χ2n) is 7.10. The zero-order chi connectivity index (χ0) is 22.2. The van der Waals surface area contributed by atoms with Gasteiger partial charge in [-0.15, -0.1) is 0 Å². The number of benzene rings is 2. The third kappa shape index (κ3) is 5.40. The van der Waals surface area contributed by atoms with Crippen LogP contribution in [0, 0.1) is 5.82 Å². The van der Waals surface area contributed by atoms with Crippen molar-refractivity contribution in [3.8, 4) is 22.6 Å². The minimum atomic E-state index is -0.555. The van der Waals surface area contributed by atoms with Gasteiger partial charge in [-0.1, -0.05) is 19.1 Å². The Kier molecular flexibility index (Phi) is 8.37. The lowest BCUT2D eigenvalue weighted by Crippen LogP contribution is -2.16. The first-order valence-electron chi connectivity index (χ1n) is 10.4. The number of halogens is 1. The van der Waals surface area contributed by atoms with Crippen molar-refractivity contribution >= 4 is 22.7 Å².